The first-order valence-electron chi connectivity index (χ1n) is 15.7. The number of amides is 3. The minimum absolute atomic E-state index is 0.00278. The number of hydrogen-bond donors (Lipinski definition) is 1. The highest BCUT2D eigenvalue weighted by Crippen LogP contribution is 2.83. The molecule has 16 nitrogen and oxygen atoms in total. The number of hydrogen-bond acceptors (Lipinski definition) is 14. The SMILES string of the molecule is COC(=O)C1=C(C(=O)OC)C2C1[C@H]1O[C@@H]2C23C(=O)N(CCCNC(=O)OC(C)(C)C)C(=O)C12[C@H]1O[C@@H]3C2C(C(=O)OC)=C(C(=O)OC)C21. The van der Waals surface area contributed by atoms with Crippen molar-refractivity contribution in [1.82, 2.24) is 10.2 Å². The Bertz CT molecular complexity index is 1470. The highest BCUT2D eigenvalue weighted by molar-refractivity contribution is 6.16. The maximum Gasteiger partial charge on any atom is 0.407 e. The molecule has 0 aromatic carbocycles. The van der Waals surface area contributed by atoms with Gasteiger partial charge in [0.15, 0.2) is 0 Å². The number of rotatable bonds is 8. The van der Waals surface area contributed by atoms with Gasteiger partial charge in [-0.15, -0.1) is 0 Å². The number of alkyl carbamates (subject to hydrolysis) is 1. The Morgan fingerprint density at radius 2 is 1.00 bits per heavy atom. The first-order valence-corrected chi connectivity index (χ1v) is 15.7. The van der Waals surface area contributed by atoms with Crippen LogP contribution >= 0.6 is 0 Å². The van der Waals surface area contributed by atoms with E-state index in [4.69, 9.17) is 33.2 Å². The molecule has 1 N–H and O–H groups in total. The number of carbonyl (C=O) groups is 7. The summed E-state index contributed by atoms with van der Waals surface area (Å²) in [4.78, 5) is 95.3. The third-order valence-corrected chi connectivity index (χ3v) is 11.1. The predicted molar refractivity (Wildman–Crippen MR) is 154 cm³/mol. The zero-order valence-corrected chi connectivity index (χ0v) is 27.4. The largest absolute Gasteiger partial charge is 0.466 e. The lowest BCUT2D eigenvalue weighted by Gasteiger charge is -2.56. The molecule has 0 aromatic rings. The van der Waals surface area contributed by atoms with E-state index in [2.05, 4.69) is 5.32 Å². The fourth-order valence-corrected chi connectivity index (χ4v) is 9.83. The van der Waals surface area contributed by atoms with Gasteiger partial charge in [0.25, 0.3) is 0 Å². The van der Waals surface area contributed by atoms with Gasteiger partial charge in [0, 0.05) is 36.8 Å². The molecular formula is C32H36N2O14. The molecule has 0 saturated carbocycles. The van der Waals surface area contributed by atoms with E-state index in [1.807, 2.05) is 0 Å². The second kappa shape index (κ2) is 10.3. The van der Waals surface area contributed by atoms with Gasteiger partial charge in [0.05, 0.1) is 75.1 Å². The number of imide groups is 1. The fraction of sp³-hybridized carbons (Fsp3) is 0.656. The molecule has 7 aliphatic rings. The minimum Gasteiger partial charge on any atom is -0.466 e. The normalized spacial score (nSPS) is 37.6. The van der Waals surface area contributed by atoms with E-state index < -0.39 is 106 Å². The van der Waals surface area contributed by atoms with E-state index in [1.165, 1.54) is 0 Å². The molecule has 0 radical (unpaired) electrons. The highest BCUT2D eigenvalue weighted by atomic mass is 16.6. The molecular weight excluding hydrogens is 636 g/mol. The van der Waals surface area contributed by atoms with Crippen molar-refractivity contribution in [3.8, 4) is 0 Å². The number of nitrogens with zero attached hydrogens (tertiary/aromatic N) is 1. The molecule has 6 unspecified atom stereocenters. The first kappa shape index (κ1) is 32.2. The molecule has 4 bridgehead atoms. The average molecular weight is 673 g/mol. The topological polar surface area (TPSA) is 199 Å². The van der Waals surface area contributed by atoms with E-state index in [0.29, 0.717) is 0 Å². The summed E-state index contributed by atoms with van der Waals surface area (Å²) in [6, 6.07) is 0. The second-order valence-electron chi connectivity index (χ2n) is 14.0. The summed E-state index contributed by atoms with van der Waals surface area (Å²) in [6.45, 7) is 5.14. The van der Waals surface area contributed by atoms with Crippen LogP contribution in [0.5, 0.6) is 0 Å². The number of fused-ring (bicyclic) bond motifs is 10. The van der Waals surface area contributed by atoms with E-state index >= 15 is 0 Å². The summed E-state index contributed by atoms with van der Waals surface area (Å²) in [5, 5.41) is 2.62. The summed E-state index contributed by atoms with van der Waals surface area (Å²) < 4.78 is 38.4. The molecule has 5 saturated heterocycles. The van der Waals surface area contributed by atoms with Crippen LogP contribution in [-0.4, -0.2) is 118 Å². The van der Waals surface area contributed by atoms with Crippen LogP contribution in [0.4, 0.5) is 4.79 Å². The molecule has 48 heavy (non-hydrogen) atoms. The quantitative estimate of drug-likeness (QED) is 0.151. The van der Waals surface area contributed by atoms with Crippen LogP contribution < -0.4 is 5.32 Å². The van der Waals surface area contributed by atoms with Crippen molar-refractivity contribution in [2.24, 2.45) is 34.5 Å². The van der Waals surface area contributed by atoms with Crippen LogP contribution in [0.3, 0.4) is 0 Å². The minimum atomic E-state index is -1.72. The third kappa shape index (κ3) is 3.49. The summed E-state index contributed by atoms with van der Waals surface area (Å²) in [7, 11) is 4.64. The van der Waals surface area contributed by atoms with Crippen molar-refractivity contribution in [3.63, 3.8) is 0 Å². The van der Waals surface area contributed by atoms with Gasteiger partial charge in [-0.1, -0.05) is 0 Å². The van der Waals surface area contributed by atoms with Crippen LogP contribution in [0.2, 0.25) is 0 Å². The molecule has 7 rings (SSSR count). The van der Waals surface area contributed by atoms with Crippen molar-refractivity contribution in [1.29, 1.82) is 0 Å². The number of carbonyl (C=O) groups excluding carboxylic acids is 7. The number of likely N-dealkylation sites (tertiary alicyclic amines) is 1. The molecule has 5 aliphatic heterocycles. The van der Waals surface area contributed by atoms with Gasteiger partial charge in [-0.05, 0) is 27.2 Å². The molecule has 5 fully saturated rings. The average Bonchev–Trinajstić information content (AvgIpc) is 3.74. The van der Waals surface area contributed by atoms with Gasteiger partial charge in [-0.2, -0.15) is 0 Å². The number of esters is 4. The molecule has 258 valence electrons. The van der Waals surface area contributed by atoms with Crippen molar-refractivity contribution >= 4 is 41.8 Å². The van der Waals surface area contributed by atoms with Gasteiger partial charge < -0.3 is 38.5 Å². The van der Waals surface area contributed by atoms with Crippen molar-refractivity contribution in [2.75, 3.05) is 41.5 Å². The maximum atomic E-state index is 14.9. The van der Waals surface area contributed by atoms with Gasteiger partial charge in [-0.25, -0.2) is 24.0 Å². The summed E-state index contributed by atoms with van der Waals surface area (Å²) >= 11 is 0. The molecule has 16 heteroatoms. The Balaban J connectivity index is 1.31. The summed E-state index contributed by atoms with van der Waals surface area (Å²) in [6.07, 6.45) is -4.96. The van der Waals surface area contributed by atoms with Gasteiger partial charge in [0.2, 0.25) is 11.8 Å². The van der Waals surface area contributed by atoms with Crippen molar-refractivity contribution in [3.05, 3.63) is 22.3 Å². The monoisotopic (exact) mass is 672 g/mol. The van der Waals surface area contributed by atoms with Gasteiger partial charge in [0.1, 0.15) is 16.4 Å². The molecule has 10 atom stereocenters. The van der Waals surface area contributed by atoms with Crippen LogP contribution in [0.25, 0.3) is 0 Å². The lowest BCUT2D eigenvalue weighted by atomic mass is 9.38. The van der Waals surface area contributed by atoms with Crippen LogP contribution in [0, 0.1) is 34.5 Å². The Morgan fingerprint density at radius 3 is 1.29 bits per heavy atom. The second-order valence-corrected chi connectivity index (χ2v) is 14.0. The Morgan fingerprint density at radius 1 is 0.667 bits per heavy atom. The summed E-state index contributed by atoms with van der Waals surface area (Å²) in [5.41, 5.74) is -4.18. The molecule has 5 heterocycles. The van der Waals surface area contributed by atoms with Crippen LogP contribution in [0.1, 0.15) is 27.2 Å². The highest BCUT2D eigenvalue weighted by Gasteiger charge is 2.98. The third-order valence-electron chi connectivity index (χ3n) is 11.1. The van der Waals surface area contributed by atoms with E-state index in [-0.39, 0.29) is 41.8 Å². The van der Waals surface area contributed by atoms with Crippen LogP contribution in [-0.2, 0) is 61.9 Å². The smallest absolute Gasteiger partial charge is 0.407 e. The fourth-order valence-electron chi connectivity index (χ4n) is 9.83. The van der Waals surface area contributed by atoms with E-state index in [1.54, 1.807) is 20.8 Å². The van der Waals surface area contributed by atoms with E-state index in [9.17, 15) is 33.6 Å². The van der Waals surface area contributed by atoms with E-state index in [0.717, 1.165) is 33.3 Å². The summed E-state index contributed by atoms with van der Waals surface area (Å²) in [5.74, 6) is -7.71. The zero-order chi connectivity index (χ0) is 34.8. The lowest BCUT2D eigenvalue weighted by Crippen LogP contribution is -2.71. The van der Waals surface area contributed by atoms with Crippen molar-refractivity contribution in [2.45, 2.75) is 57.2 Å². The first-order chi connectivity index (χ1) is 22.7. The van der Waals surface area contributed by atoms with Gasteiger partial charge in [-0.3, -0.25) is 14.5 Å². The maximum absolute atomic E-state index is 14.9. The Kier molecular flexibility index (Phi) is 6.95. The predicted octanol–water partition coefficient (Wildman–Crippen LogP) is -0.418. The number of nitrogens with one attached hydrogen (secondary N) is 1. The Labute approximate surface area is 274 Å². The Hall–Kier alpha value is -4.31. The standard InChI is InChI=1S/C32H36N2O14/c1-30(2,3)48-29(41)33-9-8-10-34-27(39)31-19-11-12(16(24(36)43-5)15(11)23(35)42-4)20(46-19)32(31,28(34)40)22-14-13(21(31)47-22)17(25(37)44-6)18(14)26(38)45-7/h11-14,19-22H,8-10H2,1-7H3,(H,33,41)/t11?,12?,13?,14?,19-,20+,21+,22-,31?,32?. The van der Waals surface area contributed by atoms with Gasteiger partial charge >= 0.3 is 30.0 Å². The molecule has 0 aromatic heterocycles. The lowest BCUT2D eigenvalue weighted by molar-refractivity contribution is -0.154. The molecule has 0 spiro atoms. The molecule has 2 aliphatic carbocycles. The van der Waals surface area contributed by atoms with Crippen molar-refractivity contribution < 1.29 is 66.7 Å². The zero-order valence-electron chi connectivity index (χ0n) is 27.4. The molecule has 3 amide bonds. The van der Waals surface area contributed by atoms with Crippen LogP contribution in [0.15, 0.2) is 22.3 Å². The number of methoxy groups -OCH3 is 4. The number of ether oxygens (including phenoxy) is 7.